The van der Waals surface area contributed by atoms with Gasteiger partial charge in [0.05, 0.1) is 5.75 Å². The number of hydrogen-bond donors (Lipinski definition) is 0. The Morgan fingerprint density at radius 1 is 1.27 bits per heavy atom. The van der Waals surface area contributed by atoms with E-state index < -0.39 is 0 Å². The molecule has 0 heterocycles. The fraction of sp³-hybridized carbons (Fsp3) is 0. The van der Waals surface area contributed by atoms with Gasteiger partial charge in [-0.1, -0.05) is 28.8 Å². The lowest BCUT2D eigenvalue weighted by atomic mass is 10.3. The molecule has 11 heavy (non-hydrogen) atoms. The molecule has 0 fully saturated rings. The van der Waals surface area contributed by atoms with E-state index in [4.69, 9.17) is 4.65 Å². The summed E-state index contributed by atoms with van der Waals surface area (Å²) in [6.07, 6.45) is 0. The average Bonchev–Trinajstić information content (AvgIpc) is 2.07. The third kappa shape index (κ3) is 3.98. The van der Waals surface area contributed by atoms with Crippen LogP contribution in [0.25, 0.3) is 0 Å². The van der Waals surface area contributed by atoms with Crippen LogP contribution in [0.15, 0.2) is 30.3 Å². The van der Waals surface area contributed by atoms with Crippen LogP contribution < -0.4 is 4.65 Å². The predicted octanol–water partition coefficient (Wildman–Crippen LogP) is 3.02. The number of rotatable bonds is 4. The zero-order chi connectivity index (χ0) is 7.94. The van der Waals surface area contributed by atoms with Crippen molar-refractivity contribution in [2.45, 2.75) is 0 Å². The first-order valence-electron chi connectivity index (χ1n) is 3.01. The Kier molecular flexibility index (Phi) is 4.98. The van der Waals surface area contributed by atoms with Crippen LogP contribution in [-0.4, -0.2) is 6.76 Å². The Labute approximate surface area is 82.1 Å². The molecule has 0 spiro atoms. The quantitative estimate of drug-likeness (QED) is 0.461. The molecule has 0 atom stereocenters. The van der Waals surface area contributed by atoms with Gasteiger partial charge in [-0.2, -0.15) is 0 Å². The first-order chi connectivity index (χ1) is 5.43. The summed E-state index contributed by atoms with van der Waals surface area (Å²) in [5.74, 6) is 0.918. The van der Waals surface area contributed by atoms with Crippen molar-refractivity contribution in [3.63, 3.8) is 0 Å². The van der Waals surface area contributed by atoms with Gasteiger partial charge in [0.2, 0.25) is 0 Å². The van der Waals surface area contributed by atoms with Crippen LogP contribution in [0.5, 0.6) is 5.75 Å². The lowest BCUT2D eigenvalue weighted by Gasteiger charge is -2.01. The number of hydrogen-bond acceptors (Lipinski definition) is 3. The van der Waals surface area contributed by atoms with Gasteiger partial charge in [-0.3, -0.25) is 0 Å². The predicted molar refractivity (Wildman–Crippen MR) is 58.3 cm³/mol. The van der Waals surface area contributed by atoms with Crippen molar-refractivity contribution >= 4 is 41.4 Å². The molecule has 1 aromatic rings. The van der Waals surface area contributed by atoms with Crippen LogP contribution in [0, 0.1) is 0 Å². The first kappa shape index (κ1) is 9.35. The molecule has 1 nitrogen and oxygen atoms in total. The molecule has 0 aliphatic rings. The van der Waals surface area contributed by atoms with Gasteiger partial charge in [-0.15, -0.1) is 0 Å². The van der Waals surface area contributed by atoms with E-state index in [-0.39, 0.29) is 0 Å². The van der Waals surface area contributed by atoms with Gasteiger partial charge in [-0.05, 0) is 21.4 Å². The van der Waals surface area contributed by atoms with Crippen molar-refractivity contribution in [1.29, 1.82) is 0 Å². The maximum atomic E-state index is 5.36. The minimum absolute atomic E-state index is 0.667. The van der Waals surface area contributed by atoms with E-state index >= 15 is 0 Å². The molecule has 1 rings (SSSR count). The zero-order valence-electron chi connectivity index (χ0n) is 5.70. The highest BCUT2D eigenvalue weighted by atomic mass is 79.9. The Bertz CT molecular complexity index is 197. The van der Waals surface area contributed by atoms with Crippen LogP contribution in [0.1, 0.15) is 0 Å². The number of halogens is 1. The van der Waals surface area contributed by atoms with Crippen molar-refractivity contribution in [1.82, 2.24) is 0 Å². The average molecular weight is 249 g/mol. The maximum Gasteiger partial charge on any atom is 0.419 e. The van der Waals surface area contributed by atoms with E-state index in [2.05, 4.69) is 14.8 Å². The summed E-state index contributed by atoms with van der Waals surface area (Å²) < 4.78 is 5.36. The van der Waals surface area contributed by atoms with Crippen LogP contribution in [0.3, 0.4) is 0 Å². The van der Waals surface area contributed by atoms with Gasteiger partial charge in [0.25, 0.3) is 0 Å². The van der Waals surface area contributed by atoms with Gasteiger partial charge in [0.15, 0.2) is 0 Å². The molecular weight excluding hydrogens is 243 g/mol. The molecule has 0 N–H and O–H groups in total. The van der Waals surface area contributed by atoms with Gasteiger partial charge >= 0.3 is 6.76 Å². The Morgan fingerprint density at radius 2 is 2.00 bits per heavy atom. The largest absolute Gasteiger partial charge is 0.552 e. The molecule has 0 unspecified atom stereocenters. The number of benzene rings is 1. The second-order valence-corrected chi connectivity index (χ2v) is 5.82. The molecular formula is C6H6BBrOS2. The summed E-state index contributed by atoms with van der Waals surface area (Å²) in [7, 11) is 3.14. The highest BCUT2D eigenvalue weighted by Crippen LogP contribution is 2.26. The summed E-state index contributed by atoms with van der Waals surface area (Å²) >= 11 is 3.22. The van der Waals surface area contributed by atoms with Gasteiger partial charge in [0, 0.05) is 14.8 Å². The molecule has 5 heteroatoms. The van der Waals surface area contributed by atoms with Crippen molar-refractivity contribution in [2.75, 3.05) is 0 Å². The standard InChI is InChI=1S/C6H6BBrOS2/c8-11-10-7-9-6-4-2-1-3-5-6/h1-5,7H. The smallest absolute Gasteiger partial charge is 0.419 e. The van der Waals surface area contributed by atoms with Crippen molar-refractivity contribution in [2.24, 2.45) is 0 Å². The highest BCUT2D eigenvalue weighted by Gasteiger charge is 1.93. The van der Waals surface area contributed by atoms with Gasteiger partial charge in [-0.25, -0.2) is 0 Å². The summed E-state index contributed by atoms with van der Waals surface area (Å²) in [6.45, 7) is 0.667. The maximum absolute atomic E-state index is 5.36. The van der Waals surface area contributed by atoms with Crippen molar-refractivity contribution < 1.29 is 4.65 Å². The molecule has 0 radical (unpaired) electrons. The Morgan fingerprint density at radius 3 is 2.64 bits per heavy atom. The van der Waals surface area contributed by atoms with Crippen LogP contribution in [0.4, 0.5) is 0 Å². The second-order valence-electron chi connectivity index (χ2n) is 1.76. The van der Waals surface area contributed by atoms with Crippen LogP contribution >= 0.6 is 34.7 Å². The van der Waals surface area contributed by atoms with Crippen molar-refractivity contribution in [3.8, 4) is 5.75 Å². The van der Waals surface area contributed by atoms with E-state index in [1.807, 2.05) is 30.3 Å². The second kappa shape index (κ2) is 5.86. The minimum atomic E-state index is 0.667. The van der Waals surface area contributed by atoms with Crippen molar-refractivity contribution in [3.05, 3.63) is 30.3 Å². The summed E-state index contributed by atoms with van der Waals surface area (Å²) in [5.41, 5.74) is 0. The molecule has 0 amide bonds. The molecule has 0 saturated heterocycles. The fourth-order valence-electron chi connectivity index (χ4n) is 0.627. The molecule has 0 aromatic heterocycles. The summed E-state index contributed by atoms with van der Waals surface area (Å²) in [5, 5.41) is 0. The lowest BCUT2D eigenvalue weighted by molar-refractivity contribution is 0.611. The molecule has 0 bridgehead atoms. The molecule has 0 saturated carbocycles. The van der Waals surface area contributed by atoms with E-state index in [9.17, 15) is 0 Å². The van der Waals surface area contributed by atoms with E-state index in [1.165, 1.54) is 9.23 Å². The Hall–Kier alpha value is 0.265. The SMILES string of the molecule is BrSSBOc1ccccc1. The highest BCUT2D eigenvalue weighted by molar-refractivity contribution is 9.62. The van der Waals surface area contributed by atoms with E-state index in [0.29, 0.717) is 6.76 Å². The van der Waals surface area contributed by atoms with E-state index in [1.54, 1.807) is 10.6 Å². The molecule has 1 aromatic carbocycles. The third-order valence-corrected chi connectivity index (χ3v) is 3.60. The first-order valence-corrected chi connectivity index (χ1v) is 7.17. The third-order valence-electron chi connectivity index (χ3n) is 1.06. The number of para-hydroxylation sites is 1. The van der Waals surface area contributed by atoms with Crippen LogP contribution in [-0.2, 0) is 0 Å². The normalized spacial score (nSPS) is 9.18. The van der Waals surface area contributed by atoms with Gasteiger partial charge < -0.3 is 4.65 Å². The zero-order valence-corrected chi connectivity index (χ0v) is 8.92. The summed E-state index contributed by atoms with van der Waals surface area (Å²) in [4.78, 5) is 0. The van der Waals surface area contributed by atoms with Crippen LogP contribution in [0.2, 0.25) is 0 Å². The molecule has 0 aliphatic heterocycles. The molecule has 0 aliphatic carbocycles. The lowest BCUT2D eigenvalue weighted by Crippen LogP contribution is -1.94. The Balaban J connectivity index is 2.28. The monoisotopic (exact) mass is 248 g/mol. The van der Waals surface area contributed by atoms with Gasteiger partial charge in [0.1, 0.15) is 0 Å². The topological polar surface area (TPSA) is 9.23 Å². The molecule has 58 valence electrons. The minimum Gasteiger partial charge on any atom is -0.552 e. The van der Waals surface area contributed by atoms with E-state index in [0.717, 1.165) is 5.75 Å². The fourth-order valence-corrected chi connectivity index (χ4v) is 1.79. The summed E-state index contributed by atoms with van der Waals surface area (Å²) in [6, 6.07) is 9.78.